The van der Waals surface area contributed by atoms with Crippen LogP contribution in [0.15, 0.2) is 0 Å². The molecule has 4 nitrogen and oxygen atoms in total. The second-order valence-electron chi connectivity index (χ2n) is 9.53. The molecule has 0 heterocycles. The third-order valence-electron chi connectivity index (χ3n) is 6.40. The Hall–Kier alpha value is -0.130. The summed E-state index contributed by atoms with van der Waals surface area (Å²) >= 11 is 0. The molecular weight excluding hydrogens is 394 g/mol. The number of quaternary nitrogens is 1. The van der Waals surface area contributed by atoms with Gasteiger partial charge in [0.25, 0.3) is 0 Å². The number of rotatable bonds is 23. The first-order valence-electron chi connectivity index (χ1n) is 13.2. The van der Waals surface area contributed by atoms with Crippen molar-refractivity contribution in [2.24, 2.45) is 0 Å². The Balaban J connectivity index is 4.79. The lowest BCUT2D eigenvalue weighted by molar-refractivity contribution is -0.918. The van der Waals surface area contributed by atoms with Gasteiger partial charge in [0, 0.05) is 0 Å². The van der Waals surface area contributed by atoms with Crippen molar-refractivity contribution in [1.82, 2.24) is 0 Å². The van der Waals surface area contributed by atoms with Crippen molar-refractivity contribution in [3.05, 3.63) is 0 Å². The maximum atomic E-state index is 11.9. The molecule has 0 radical (unpaired) electrons. The summed E-state index contributed by atoms with van der Waals surface area (Å²) in [4.78, 5) is 0. The highest BCUT2D eigenvalue weighted by Gasteiger charge is 2.31. The molecule has 0 spiro atoms. The van der Waals surface area contributed by atoms with Crippen molar-refractivity contribution in [2.45, 2.75) is 136 Å². The maximum absolute atomic E-state index is 11.9. The van der Waals surface area contributed by atoms with Gasteiger partial charge in [0.15, 0.2) is 0 Å². The van der Waals surface area contributed by atoms with Crippen LogP contribution in [-0.2, 0) is 10.1 Å². The van der Waals surface area contributed by atoms with Gasteiger partial charge in [-0.25, -0.2) is 0 Å². The maximum Gasteiger partial charge on any atom is 0.316 e. The van der Waals surface area contributed by atoms with Crippen LogP contribution in [0.5, 0.6) is 0 Å². The molecule has 0 amide bonds. The molecule has 0 aromatic heterocycles. The number of hydrogen-bond acceptors (Lipinski definition) is 2. The molecule has 0 saturated heterocycles. The summed E-state index contributed by atoms with van der Waals surface area (Å²) in [5.41, 5.74) is 0. The summed E-state index contributed by atoms with van der Waals surface area (Å²) in [5.74, 6) is -0.0914. The molecule has 0 aromatic rings. The lowest BCUT2D eigenvalue weighted by atomic mass is 10.1. The summed E-state index contributed by atoms with van der Waals surface area (Å²) in [5, 5.41) is 0. The molecule has 1 N–H and O–H groups in total. The van der Waals surface area contributed by atoms with E-state index in [9.17, 15) is 13.0 Å². The van der Waals surface area contributed by atoms with E-state index >= 15 is 0 Å². The molecule has 5 heteroatoms. The highest BCUT2D eigenvalue weighted by atomic mass is 32.2. The van der Waals surface area contributed by atoms with Crippen LogP contribution in [0.2, 0.25) is 0 Å². The van der Waals surface area contributed by atoms with Crippen molar-refractivity contribution in [2.75, 3.05) is 25.5 Å². The van der Waals surface area contributed by atoms with Gasteiger partial charge in [-0.2, -0.15) is 8.42 Å². The van der Waals surface area contributed by atoms with Gasteiger partial charge in [0.2, 0.25) is 5.88 Å². The SMILES string of the molecule is CCCCCCCC[N+](CCCCCCCC)(CCCCCCCC)CS(=O)(=O)O. The molecular formula is C25H54NO3S+. The standard InChI is InChI=1S/C25H53NO3S/c1-4-7-10-13-16-19-22-26(25-30(27,28)29,23-20-17-14-11-8-5-2)24-21-18-15-12-9-6-3/h4-25H2,1-3H3/p+1. The number of unbranched alkanes of at least 4 members (excludes halogenated alkanes) is 15. The van der Waals surface area contributed by atoms with Gasteiger partial charge in [-0.15, -0.1) is 0 Å². The van der Waals surface area contributed by atoms with Gasteiger partial charge in [-0.1, -0.05) is 97.8 Å². The fourth-order valence-electron chi connectivity index (χ4n) is 4.56. The van der Waals surface area contributed by atoms with Crippen molar-refractivity contribution in [3.8, 4) is 0 Å². The topological polar surface area (TPSA) is 54.4 Å². The fourth-order valence-corrected chi connectivity index (χ4v) is 5.64. The van der Waals surface area contributed by atoms with Crippen LogP contribution >= 0.6 is 0 Å². The van der Waals surface area contributed by atoms with E-state index in [0.717, 1.165) is 38.9 Å². The highest BCUT2D eigenvalue weighted by Crippen LogP contribution is 2.20. The van der Waals surface area contributed by atoms with E-state index < -0.39 is 10.1 Å². The lowest BCUT2D eigenvalue weighted by Crippen LogP contribution is -2.53. The second-order valence-corrected chi connectivity index (χ2v) is 10.9. The second kappa shape index (κ2) is 19.5. The van der Waals surface area contributed by atoms with E-state index in [4.69, 9.17) is 0 Å². The molecule has 0 aliphatic rings. The first-order chi connectivity index (χ1) is 14.4. The van der Waals surface area contributed by atoms with Crippen LogP contribution in [0.4, 0.5) is 0 Å². The third kappa shape index (κ3) is 18.6. The quantitative estimate of drug-likeness (QED) is 0.0988. The molecule has 0 aliphatic heterocycles. The van der Waals surface area contributed by atoms with Gasteiger partial charge in [0.1, 0.15) is 0 Å². The first kappa shape index (κ1) is 29.9. The molecule has 30 heavy (non-hydrogen) atoms. The van der Waals surface area contributed by atoms with E-state index in [1.807, 2.05) is 0 Å². The molecule has 0 aromatic carbocycles. The van der Waals surface area contributed by atoms with Crippen molar-refractivity contribution in [1.29, 1.82) is 0 Å². The third-order valence-corrected chi connectivity index (χ3v) is 7.27. The van der Waals surface area contributed by atoms with E-state index in [2.05, 4.69) is 20.8 Å². The van der Waals surface area contributed by atoms with Crippen LogP contribution in [0.1, 0.15) is 136 Å². The summed E-state index contributed by atoms with van der Waals surface area (Å²) in [6.45, 7) is 9.39. The van der Waals surface area contributed by atoms with Crippen LogP contribution in [-0.4, -0.2) is 43.0 Å². The Morgan fingerprint density at radius 2 is 0.767 bits per heavy atom. The predicted octanol–water partition coefficient (Wildman–Crippen LogP) is 7.73. The Bertz CT molecular complexity index is 424. The Morgan fingerprint density at radius 1 is 0.500 bits per heavy atom. The summed E-state index contributed by atoms with van der Waals surface area (Å²) < 4.78 is 34.1. The largest absolute Gasteiger partial charge is 0.316 e. The zero-order chi connectivity index (χ0) is 22.6. The number of nitrogens with zero attached hydrogens (tertiary/aromatic N) is 1. The van der Waals surface area contributed by atoms with E-state index in [-0.39, 0.29) is 5.88 Å². The first-order valence-corrected chi connectivity index (χ1v) is 14.8. The Labute approximate surface area is 189 Å². The van der Waals surface area contributed by atoms with Gasteiger partial charge in [0.05, 0.1) is 19.6 Å². The summed E-state index contributed by atoms with van der Waals surface area (Å²) in [6.07, 6.45) is 22.0. The van der Waals surface area contributed by atoms with Crippen LogP contribution < -0.4 is 0 Å². The molecule has 0 unspecified atom stereocenters. The zero-order valence-electron chi connectivity index (χ0n) is 20.7. The molecule has 0 aliphatic carbocycles. The van der Waals surface area contributed by atoms with Gasteiger partial charge >= 0.3 is 10.1 Å². The minimum atomic E-state index is -3.96. The zero-order valence-corrected chi connectivity index (χ0v) is 21.5. The predicted molar refractivity (Wildman–Crippen MR) is 131 cm³/mol. The number of hydrogen-bond donors (Lipinski definition) is 1. The van der Waals surface area contributed by atoms with E-state index in [1.165, 1.54) is 96.3 Å². The average molecular weight is 449 g/mol. The summed E-state index contributed by atoms with van der Waals surface area (Å²) in [6, 6.07) is 0. The Morgan fingerprint density at radius 3 is 1.03 bits per heavy atom. The van der Waals surface area contributed by atoms with E-state index in [1.54, 1.807) is 0 Å². The lowest BCUT2D eigenvalue weighted by Gasteiger charge is -2.38. The van der Waals surface area contributed by atoms with Crippen LogP contribution in [0.25, 0.3) is 0 Å². The van der Waals surface area contributed by atoms with Crippen molar-refractivity contribution < 1.29 is 17.5 Å². The van der Waals surface area contributed by atoms with E-state index in [0.29, 0.717) is 4.48 Å². The molecule has 0 rings (SSSR count). The fraction of sp³-hybridized carbons (Fsp3) is 1.00. The van der Waals surface area contributed by atoms with Crippen LogP contribution in [0.3, 0.4) is 0 Å². The summed E-state index contributed by atoms with van der Waals surface area (Å²) in [7, 11) is -3.96. The smallest absolute Gasteiger partial charge is 0.309 e. The molecule has 0 fully saturated rings. The average Bonchev–Trinajstić information content (AvgIpc) is 2.69. The van der Waals surface area contributed by atoms with Crippen molar-refractivity contribution in [3.63, 3.8) is 0 Å². The minimum absolute atomic E-state index is 0.0914. The normalized spacial score (nSPS) is 12.5. The highest BCUT2D eigenvalue weighted by molar-refractivity contribution is 7.85. The minimum Gasteiger partial charge on any atom is -0.309 e. The Kier molecular flexibility index (Phi) is 19.5. The molecule has 0 atom stereocenters. The van der Waals surface area contributed by atoms with Gasteiger partial charge < -0.3 is 4.48 Å². The molecule has 0 saturated carbocycles. The van der Waals surface area contributed by atoms with Crippen LogP contribution in [0, 0.1) is 0 Å². The van der Waals surface area contributed by atoms with Gasteiger partial charge in [-0.05, 0) is 38.5 Å². The molecule has 182 valence electrons. The van der Waals surface area contributed by atoms with Crippen molar-refractivity contribution >= 4 is 10.1 Å². The van der Waals surface area contributed by atoms with Gasteiger partial charge in [-0.3, -0.25) is 4.55 Å². The monoisotopic (exact) mass is 448 g/mol. The molecule has 0 bridgehead atoms.